The molecule has 0 atom stereocenters. The van der Waals surface area contributed by atoms with Crippen LogP contribution in [-0.4, -0.2) is 43.3 Å². The van der Waals surface area contributed by atoms with Crippen molar-refractivity contribution in [2.45, 2.75) is 0 Å². The molecule has 0 aliphatic heterocycles. The van der Waals surface area contributed by atoms with Gasteiger partial charge >= 0.3 is 12.1 Å². The summed E-state index contributed by atoms with van der Waals surface area (Å²) in [6, 6.07) is 6.31. The first-order valence-electron chi connectivity index (χ1n) is 5.52. The van der Waals surface area contributed by atoms with Crippen LogP contribution in [0.1, 0.15) is 0 Å². The number of aliphatic carboxylic acids is 1. The van der Waals surface area contributed by atoms with Crippen molar-refractivity contribution in [2.75, 3.05) is 25.1 Å². The molecular weight excluding hydrogens is 288 g/mol. The molecule has 0 aromatic heterocycles. The third-order valence-corrected chi connectivity index (χ3v) is 2.53. The summed E-state index contributed by atoms with van der Waals surface area (Å²) < 4.78 is 4.28. The van der Waals surface area contributed by atoms with Gasteiger partial charge in [-0.2, -0.15) is 0 Å². The van der Waals surface area contributed by atoms with E-state index >= 15 is 0 Å². The molecule has 0 fully saturated rings. The Labute approximate surface area is 120 Å². The van der Waals surface area contributed by atoms with Gasteiger partial charge in [-0.3, -0.25) is 14.9 Å². The minimum atomic E-state index is -1.11. The third-order valence-electron chi connectivity index (χ3n) is 2.28. The number of rotatable bonds is 5. The summed E-state index contributed by atoms with van der Waals surface area (Å²) in [4.78, 5) is 34.6. The second kappa shape index (κ2) is 7.34. The normalized spacial score (nSPS) is 9.70. The summed E-state index contributed by atoms with van der Waals surface area (Å²) in [5, 5.41) is 11.3. The van der Waals surface area contributed by atoms with Crippen LogP contribution in [-0.2, 0) is 14.3 Å². The Bertz CT molecular complexity index is 503. The first-order chi connectivity index (χ1) is 9.42. The number of imide groups is 1. The molecule has 0 bridgehead atoms. The van der Waals surface area contributed by atoms with Crippen molar-refractivity contribution in [3.8, 4) is 0 Å². The van der Waals surface area contributed by atoms with Crippen molar-refractivity contribution in [1.29, 1.82) is 0 Å². The largest absolute Gasteiger partial charge is 0.480 e. The molecule has 8 heteroatoms. The van der Waals surface area contributed by atoms with Crippen molar-refractivity contribution < 1.29 is 24.2 Å². The molecule has 0 saturated carbocycles. The molecule has 7 nitrogen and oxygen atoms in total. The number of amides is 2. The van der Waals surface area contributed by atoms with Gasteiger partial charge in [-0.05, 0) is 24.3 Å². The molecule has 1 aromatic rings. The van der Waals surface area contributed by atoms with Crippen LogP contribution in [0.3, 0.4) is 0 Å². The van der Waals surface area contributed by atoms with Gasteiger partial charge in [0.2, 0.25) is 5.91 Å². The number of ether oxygens (including phenoxy) is 1. The lowest BCUT2D eigenvalue weighted by atomic mass is 10.3. The highest BCUT2D eigenvalue weighted by Crippen LogP contribution is 2.17. The van der Waals surface area contributed by atoms with E-state index in [0.717, 1.165) is 7.11 Å². The van der Waals surface area contributed by atoms with Crippen LogP contribution in [0.15, 0.2) is 24.3 Å². The van der Waals surface area contributed by atoms with Crippen LogP contribution < -0.4 is 10.2 Å². The van der Waals surface area contributed by atoms with Gasteiger partial charge < -0.3 is 14.7 Å². The fraction of sp³-hybridized carbons (Fsp3) is 0.250. The summed E-state index contributed by atoms with van der Waals surface area (Å²) in [7, 11) is 1.12. The number of methoxy groups -OCH3 is 1. The number of benzene rings is 1. The second-order valence-corrected chi connectivity index (χ2v) is 4.20. The van der Waals surface area contributed by atoms with Crippen LogP contribution in [0.25, 0.3) is 0 Å². The molecule has 0 saturated heterocycles. The van der Waals surface area contributed by atoms with Gasteiger partial charge in [-0.15, -0.1) is 0 Å². The minimum absolute atomic E-state index is 0.303. The number of halogens is 1. The van der Waals surface area contributed by atoms with Crippen molar-refractivity contribution >= 4 is 35.3 Å². The molecule has 1 aromatic carbocycles. The molecule has 0 radical (unpaired) electrons. The first-order valence-corrected chi connectivity index (χ1v) is 5.90. The summed E-state index contributed by atoms with van der Waals surface area (Å²) in [6.45, 7) is -0.695. The SMILES string of the molecule is COC(=O)NC(=O)CN(CC(=O)O)c1ccc(Cl)cc1. The average molecular weight is 301 g/mol. The molecule has 108 valence electrons. The lowest BCUT2D eigenvalue weighted by Gasteiger charge is -2.21. The maximum Gasteiger partial charge on any atom is 0.413 e. The second-order valence-electron chi connectivity index (χ2n) is 3.77. The van der Waals surface area contributed by atoms with Crippen LogP contribution in [0.2, 0.25) is 5.02 Å². The summed E-state index contributed by atoms with van der Waals surface area (Å²) >= 11 is 5.74. The number of hydrogen-bond acceptors (Lipinski definition) is 5. The zero-order chi connectivity index (χ0) is 15.1. The lowest BCUT2D eigenvalue weighted by Crippen LogP contribution is -2.42. The van der Waals surface area contributed by atoms with Crippen LogP contribution >= 0.6 is 11.6 Å². The number of nitrogens with one attached hydrogen (secondary N) is 1. The Kier molecular flexibility index (Phi) is 5.79. The summed E-state index contributed by atoms with van der Waals surface area (Å²) in [5.41, 5.74) is 0.497. The van der Waals surface area contributed by atoms with Gasteiger partial charge in [0.15, 0.2) is 0 Å². The summed E-state index contributed by atoms with van der Waals surface area (Å²) in [6.07, 6.45) is -0.901. The van der Waals surface area contributed by atoms with E-state index in [1.54, 1.807) is 24.3 Å². The van der Waals surface area contributed by atoms with E-state index in [4.69, 9.17) is 16.7 Å². The molecule has 1 rings (SSSR count). The van der Waals surface area contributed by atoms with E-state index in [2.05, 4.69) is 4.74 Å². The highest BCUT2D eigenvalue weighted by Gasteiger charge is 2.16. The van der Waals surface area contributed by atoms with Crippen molar-refractivity contribution in [2.24, 2.45) is 0 Å². The molecule has 0 aliphatic carbocycles. The maximum atomic E-state index is 11.6. The Morgan fingerprint density at radius 3 is 2.35 bits per heavy atom. The quantitative estimate of drug-likeness (QED) is 0.846. The van der Waals surface area contributed by atoms with Crippen LogP contribution in [0, 0.1) is 0 Å². The number of nitrogens with zero attached hydrogens (tertiary/aromatic N) is 1. The monoisotopic (exact) mass is 300 g/mol. The lowest BCUT2D eigenvalue weighted by molar-refractivity contribution is -0.135. The van der Waals surface area contributed by atoms with Crippen molar-refractivity contribution in [1.82, 2.24) is 5.32 Å². The molecule has 0 aliphatic rings. The molecule has 0 heterocycles. The highest BCUT2D eigenvalue weighted by atomic mass is 35.5. The first kappa shape index (κ1) is 15.8. The number of hydrogen-bond donors (Lipinski definition) is 2. The molecule has 0 spiro atoms. The van der Waals surface area contributed by atoms with E-state index in [9.17, 15) is 14.4 Å². The zero-order valence-corrected chi connectivity index (χ0v) is 11.4. The fourth-order valence-corrected chi connectivity index (χ4v) is 1.56. The number of anilines is 1. The van der Waals surface area contributed by atoms with Gasteiger partial charge in [0.25, 0.3) is 0 Å². The number of carbonyl (C=O) groups is 3. The van der Waals surface area contributed by atoms with Crippen molar-refractivity contribution in [3.63, 3.8) is 0 Å². The molecule has 2 N–H and O–H groups in total. The van der Waals surface area contributed by atoms with E-state index < -0.39 is 24.5 Å². The Morgan fingerprint density at radius 2 is 1.85 bits per heavy atom. The van der Waals surface area contributed by atoms with E-state index in [1.807, 2.05) is 5.32 Å². The van der Waals surface area contributed by atoms with E-state index in [0.29, 0.717) is 10.7 Å². The van der Waals surface area contributed by atoms with Gasteiger partial charge in [0, 0.05) is 10.7 Å². The van der Waals surface area contributed by atoms with Crippen molar-refractivity contribution in [3.05, 3.63) is 29.3 Å². The zero-order valence-electron chi connectivity index (χ0n) is 10.6. The standard InChI is InChI=1S/C12H13ClN2O5/c1-20-12(19)14-10(16)6-15(7-11(17)18)9-4-2-8(13)3-5-9/h2-5H,6-7H2,1H3,(H,17,18)(H,14,16,19). The maximum absolute atomic E-state index is 11.6. The third kappa shape index (κ3) is 5.15. The average Bonchev–Trinajstić information content (AvgIpc) is 2.38. The Morgan fingerprint density at radius 1 is 1.25 bits per heavy atom. The van der Waals surface area contributed by atoms with Crippen LogP contribution in [0.4, 0.5) is 10.5 Å². The Balaban J connectivity index is 2.79. The molecule has 2 amide bonds. The molecule has 20 heavy (non-hydrogen) atoms. The minimum Gasteiger partial charge on any atom is -0.480 e. The number of carbonyl (C=O) groups excluding carboxylic acids is 2. The van der Waals surface area contributed by atoms with Gasteiger partial charge in [0.1, 0.15) is 6.54 Å². The predicted molar refractivity (Wildman–Crippen MR) is 71.8 cm³/mol. The predicted octanol–water partition coefficient (Wildman–Crippen LogP) is 1.11. The molecule has 0 unspecified atom stereocenters. The van der Waals surface area contributed by atoms with Gasteiger partial charge in [-0.25, -0.2) is 4.79 Å². The fourth-order valence-electron chi connectivity index (χ4n) is 1.43. The highest BCUT2D eigenvalue weighted by molar-refractivity contribution is 6.30. The number of alkyl carbamates (subject to hydrolysis) is 1. The molecular formula is C12H13ClN2O5. The number of carboxylic acid groups (broad SMARTS) is 1. The number of carboxylic acids is 1. The van der Waals surface area contributed by atoms with Crippen LogP contribution in [0.5, 0.6) is 0 Å². The Hall–Kier alpha value is -2.28. The van der Waals surface area contributed by atoms with Gasteiger partial charge in [-0.1, -0.05) is 11.6 Å². The summed E-state index contributed by atoms with van der Waals surface area (Å²) in [5.74, 6) is -1.78. The van der Waals surface area contributed by atoms with E-state index in [-0.39, 0.29) is 6.54 Å². The smallest absolute Gasteiger partial charge is 0.413 e. The van der Waals surface area contributed by atoms with Gasteiger partial charge in [0.05, 0.1) is 13.7 Å². The topological polar surface area (TPSA) is 95.9 Å². The van der Waals surface area contributed by atoms with E-state index in [1.165, 1.54) is 4.90 Å².